The topological polar surface area (TPSA) is 50.1 Å². The van der Waals surface area contributed by atoms with Gasteiger partial charge in [-0.05, 0) is 26.2 Å². The zero-order chi connectivity index (χ0) is 9.78. The van der Waals surface area contributed by atoms with Gasteiger partial charge in [-0.2, -0.15) is 0 Å². The van der Waals surface area contributed by atoms with Crippen LogP contribution in [0.1, 0.15) is 34.1 Å². The normalized spacial score (nSPS) is 11.8. The molecular formula is C9H18NO2. The van der Waals surface area contributed by atoms with Crippen LogP contribution in [0.5, 0.6) is 0 Å². The van der Waals surface area contributed by atoms with Gasteiger partial charge in [-0.1, -0.05) is 13.8 Å². The summed E-state index contributed by atoms with van der Waals surface area (Å²) in [5.41, 5.74) is 6.23. The van der Waals surface area contributed by atoms with Crippen LogP contribution in [-0.2, 0) is 9.53 Å². The fourth-order valence-electron chi connectivity index (χ4n) is 0.568. The van der Waals surface area contributed by atoms with Gasteiger partial charge in [-0.25, -0.2) is 5.73 Å². The molecule has 0 aromatic carbocycles. The Balaban J connectivity index is 3.59. The third-order valence-corrected chi connectivity index (χ3v) is 1.44. The summed E-state index contributed by atoms with van der Waals surface area (Å²) in [5, 5.41) is 0. The van der Waals surface area contributed by atoms with Crippen LogP contribution in [-0.4, -0.2) is 18.1 Å². The average Bonchev–Trinajstić information content (AvgIpc) is 1.84. The van der Waals surface area contributed by atoms with Gasteiger partial charge in [-0.15, -0.1) is 0 Å². The molecule has 0 aliphatic heterocycles. The molecule has 0 amide bonds. The molecule has 0 heterocycles. The second kappa shape index (κ2) is 4.45. The van der Waals surface area contributed by atoms with Crippen molar-refractivity contribution in [3.63, 3.8) is 0 Å². The van der Waals surface area contributed by atoms with Gasteiger partial charge in [0.15, 0.2) is 0 Å². The lowest BCUT2D eigenvalue weighted by molar-refractivity contribution is -0.149. The van der Waals surface area contributed by atoms with Crippen LogP contribution in [0.25, 0.3) is 0 Å². The lowest BCUT2D eigenvalue weighted by Crippen LogP contribution is -2.35. The van der Waals surface area contributed by atoms with Crippen molar-refractivity contribution < 1.29 is 9.53 Å². The predicted octanol–water partition coefficient (Wildman–Crippen LogP) is 1.64. The van der Waals surface area contributed by atoms with E-state index in [0.717, 1.165) is 6.42 Å². The van der Waals surface area contributed by atoms with E-state index >= 15 is 0 Å². The highest BCUT2D eigenvalue weighted by Gasteiger charge is 2.24. The molecule has 12 heavy (non-hydrogen) atoms. The lowest BCUT2D eigenvalue weighted by Gasteiger charge is -2.15. The first kappa shape index (κ1) is 11.4. The van der Waals surface area contributed by atoms with Crippen molar-refractivity contribution >= 4 is 5.97 Å². The first-order chi connectivity index (χ1) is 5.34. The Hall–Kier alpha value is -0.570. The van der Waals surface area contributed by atoms with Crippen molar-refractivity contribution in [1.29, 1.82) is 0 Å². The van der Waals surface area contributed by atoms with E-state index in [2.05, 4.69) is 13.8 Å². The highest BCUT2D eigenvalue weighted by atomic mass is 16.5. The Morgan fingerprint density at radius 1 is 1.50 bits per heavy atom. The molecule has 3 heteroatoms. The van der Waals surface area contributed by atoms with Crippen LogP contribution in [0.3, 0.4) is 0 Å². The molecule has 0 fully saturated rings. The Labute approximate surface area is 74.3 Å². The molecule has 0 aliphatic rings. The first-order valence-corrected chi connectivity index (χ1v) is 4.26. The SMILES string of the molecule is CC(C)CCOC(=O)C(C)(C)[NH]. The van der Waals surface area contributed by atoms with Crippen LogP contribution >= 0.6 is 0 Å². The van der Waals surface area contributed by atoms with Gasteiger partial charge < -0.3 is 4.74 Å². The van der Waals surface area contributed by atoms with Crippen LogP contribution in [0.2, 0.25) is 0 Å². The summed E-state index contributed by atoms with van der Waals surface area (Å²) in [6, 6.07) is 0. The summed E-state index contributed by atoms with van der Waals surface area (Å²) >= 11 is 0. The highest BCUT2D eigenvalue weighted by Crippen LogP contribution is 2.05. The Kier molecular flexibility index (Phi) is 4.24. The van der Waals surface area contributed by atoms with Crippen LogP contribution in [0.4, 0.5) is 0 Å². The number of esters is 1. The van der Waals surface area contributed by atoms with E-state index in [1.807, 2.05) is 0 Å². The monoisotopic (exact) mass is 172 g/mol. The van der Waals surface area contributed by atoms with Crippen LogP contribution < -0.4 is 5.73 Å². The molecule has 0 unspecified atom stereocenters. The van der Waals surface area contributed by atoms with E-state index in [1.165, 1.54) is 13.8 Å². The van der Waals surface area contributed by atoms with Gasteiger partial charge >= 0.3 is 5.97 Å². The van der Waals surface area contributed by atoms with Crippen molar-refractivity contribution in [3.05, 3.63) is 0 Å². The van der Waals surface area contributed by atoms with Crippen molar-refractivity contribution in [2.24, 2.45) is 5.92 Å². The number of carbonyl (C=O) groups excluding carboxylic acids is 1. The summed E-state index contributed by atoms with van der Waals surface area (Å²) in [6.45, 7) is 7.63. The van der Waals surface area contributed by atoms with E-state index in [-0.39, 0.29) is 0 Å². The molecule has 1 N–H and O–H groups in total. The van der Waals surface area contributed by atoms with Gasteiger partial charge in [0.2, 0.25) is 0 Å². The zero-order valence-electron chi connectivity index (χ0n) is 8.31. The molecule has 71 valence electrons. The van der Waals surface area contributed by atoms with Crippen molar-refractivity contribution in [1.82, 2.24) is 5.73 Å². The molecule has 0 bridgehead atoms. The summed E-state index contributed by atoms with van der Waals surface area (Å²) in [6.07, 6.45) is 0.863. The quantitative estimate of drug-likeness (QED) is 0.605. The van der Waals surface area contributed by atoms with Crippen LogP contribution in [0, 0.1) is 5.92 Å². The van der Waals surface area contributed by atoms with Gasteiger partial charge in [0.1, 0.15) is 5.54 Å². The van der Waals surface area contributed by atoms with Gasteiger partial charge in [-0.3, -0.25) is 4.79 Å². The number of carbonyl (C=O) groups is 1. The Bertz CT molecular complexity index is 147. The third-order valence-electron chi connectivity index (χ3n) is 1.44. The molecule has 0 rings (SSSR count). The lowest BCUT2D eigenvalue weighted by atomic mass is 10.1. The summed E-state index contributed by atoms with van der Waals surface area (Å²) in [7, 11) is 0. The van der Waals surface area contributed by atoms with E-state index in [1.54, 1.807) is 0 Å². The second-order valence-corrected chi connectivity index (χ2v) is 3.94. The highest BCUT2D eigenvalue weighted by molar-refractivity contribution is 5.79. The maximum Gasteiger partial charge on any atom is 0.327 e. The second-order valence-electron chi connectivity index (χ2n) is 3.94. The number of hydrogen-bond donors (Lipinski definition) is 0. The molecule has 0 atom stereocenters. The Morgan fingerprint density at radius 3 is 2.33 bits per heavy atom. The fourth-order valence-corrected chi connectivity index (χ4v) is 0.568. The van der Waals surface area contributed by atoms with Gasteiger partial charge in [0, 0.05) is 0 Å². The smallest absolute Gasteiger partial charge is 0.327 e. The van der Waals surface area contributed by atoms with E-state index in [4.69, 9.17) is 10.5 Å². The fraction of sp³-hybridized carbons (Fsp3) is 0.889. The first-order valence-electron chi connectivity index (χ1n) is 4.26. The number of nitrogens with one attached hydrogen (secondary N) is 1. The minimum atomic E-state index is -1.11. The number of rotatable bonds is 4. The molecule has 0 aromatic heterocycles. The Morgan fingerprint density at radius 2 is 2.00 bits per heavy atom. The van der Waals surface area contributed by atoms with Gasteiger partial charge in [0.05, 0.1) is 6.61 Å². The van der Waals surface area contributed by atoms with E-state index in [9.17, 15) is 4.79 Å². The third kappa shape index (κ3) is 5.13. The molecule has 0 saturated carbocycles. The predicted molar refractivity (Wildman–Crippen MR) is 47.6 cm³/mol. The molecular weight excluding hydrogens is 154 g/mol. The van der Waals surface area contributed by atoms with Crippen molar-refractivity contribution in [2.45, 2.75) is 39.7 Å². The average molecular weight is 172 g/mol. The van der Waals surface area contributed by atoms with Crippen molar-refractivity contribution in [3.8, 4) is 0 Å². The summed E-state index contributed by atoms with van der Waals surface area (Å²) in [4.78, 5) is 11.0. The van der Waals surface area contributed by atoms with Gasteiger partial charge in [0.25, 0.3) is 0 Å². The van der Waals surface area contributed by atoms with E-state index in [0.29, 0.717) is 12.5 Å². The summed E-state index contributed by atoms with van der Waals surface area (Å²) < 4.78 is 4.89. The summed E-state index contributed by atoms with van der Waals surface area (Å²) in [5.74, 6) is 0.0924. The minimum absolute atomic E-state index is 0.429. The maximum absolute atomic E-state index is 11.0. The molecule has 0 aliphatic carbocycles. The zero-order valence-corrected chi connectivity index (χ0v) is 8.31. The minimum Gasteiger partial charge on any atom is -0.464 e. The van der Waals surface area contributed by atoms with Crippen LogP contribution in [0.15, 0.2) is 0 Å². The number of ether oxygens (including phenoxy) is 1. The molecule has 1 radical (unpaired) electrons. The molecule has 3 nitrogen and oxygen atoms in total. The van der Waals surface area contributed by atoms with Crippen molar-refractivity contribution in [2.75, 3.05) is 6.61 Å². The standard InChI is InChI=1S/C9H18NO2/c1-7(2)5-6-12-8(11)9(3,4)10/h7,10H,5-6H2,1-4H3. The largest absolute Gasteiger partial charge is 0.464 e. The van der Waals surface area contributed by atoms with E-state index < -0.39 is 11.5 Å². The molecule has 0 aromatic rings. The molecule has 0 spiro atoms. The molecule has 0 saturated heterocycles. The number of hydrogen-bond acceptors (Lipinski definition) is 2. The maximum atomic E-state index is 11.0.